The van der Waals surface area contributed by atoms with Crippen LogP contribution in [0.5, 0.6) is 0 Å². The van der Waals surface area contributed by atoms with Gasteiger partial charge in [0.25, 0.3) is 5.91 Å². The molecule has 1 aliphatic heterocycles. The van der Waals surface area contributed by atoms with Crippen molar-refractivity contribution in [2.45, 2.75) is 32.4 Å². The topological polar surface area (TPSA) is 66.5 Å². The number of fused-ring (bicyclic) bond motifs is 1. The van der Waals surface area contributed by atoms with Gasteiger partial charge in [-0.25, -0.2) is 8.42 Å². The summed E-state index contributed by atoms with van der Waals surface area (Å²) in [5.74, 6) is 0.501. The van der Waals surface area contributed by atoms with E-state index in [1.54, 1.807) is 6.07 Å². The number of benzene rings is 1. The summed E-state index contributed by atoms with van der Waals surface area (Å²) >= 11 is 3.38. The van der Waals surface area contributed by atoms with Crippen LogP contribution in [0.2, 0.25) is 0 Å². The summed E-state index contributed by atoms with van der Waals surface area (Å²) in [6, 6.07) is 3.73. The highest BCUT2D eigenvalue weighted by atomic mass is 79.9. The highest BCUT2D eigenvalue weighted by molar-refractivity contribution is 9.10. The van der Waals surface area contributed by atoms with Gasteiger partial charge in [0.15, 0.2) is 0 Å². The van der Waals surface area contributed by atoms with Gasteiger partial charge in [0, 0.05) is 17.1 Å². The molecular weight excluding hydrogens is 356 g/mol. The van der Waals surface area contributed by atoms with Crippen molar-refractivity contribution in [1.82, 2.24) is 4.90 Å². The molecular formula is C14H17BrN2O3S. The van der Waals surface area contributed by atoms with Gasteiger partial charge in [-0.15, -0.1) is 0 Å². The van der Waals surface area contributed by atoms with Crippen LogP contribution in [0.1, 0.15) is 35.7 Å². The monoisotopic (exact) mass is 372 g/mol. The van der Waals surface area contributed by atoms with E-state index < -0.39 is 10.0 Å². The van der Waals surface area contributed by atoms with Crippen molar-refractivity contribution in [3.63, 3.8) is 0 Å². The smallest absolute Gasteiger partial charge is 0.256 e. The van der Waals surface area contributed by atoms with Crippen molar-refractivity contribution in [2.24, 2.45) is 5.92 Å². The molecule has 1 heterocycles. The predicted molar refractivity (Wildman–Crippen MR) is 84.7 cm³/mol. The lowest BCUT2D eigenvalue weighted by molar-refractivity contribution is 0.0698. The van der Waals surface area contributed by atoms with E-state index in [1.807, 2.05) is 11.0 Å². The number of sulfonamides is 1. The van der Waals surface area contributed by atoms with Crippen LogP contribution >= 0.6 is 15.9 Å². The summed E-state index contributed by atoms with van der Waals surface area (Å²) in [7, 11) is -3.42. The van der Waals surface area contributed by atoms with Gasteiger partial charge in [-0.05, 0) is 43.4 Å². The molecule has 1 aliphatic carbocycles. The number of rotatable bonds is 4. The lowest BCUT2D eigenvalue weighted by atomic mass is 10.1. The van der Waals surface area contributed by atoms with Gasteiger partial charge in [0.1, 0.15) is 0 Å². The molecule has 0 aromatic heterocycles. The minimum atomic E-state index is -3.42. The molecule has 114 valence electrons. The molecule has 1 N–H and O–H groups in total. The Kier molecular flexibility index (Phi) is 3.52. The van der Waals surface area contributed by atoms with Crippen LogP contribution in [0.25, 0.3) is 0 Å². The Balaban J connectivity index is 1.99. The third kappa shape index (κ3) is 2.94. The van der Waals surface area contributed by atoms with E-state index in [1.165, 1.54) is 12.8 Å². The summed E-state index contributed by atoms with van der Waals surface area (Å²) in [6.45, 7) is 2.61. The van der Waals surface area contributed by atoms with Gasteiger partial charge in [-0.1, -0.05) is 15.9 Å². The van der Waals surface area contributed by atoms with Gasteiger partial charge in [0.2, 0.25) is 10.0 Å². The molecule has 5 nitrogen and oxygen atoms in total. The summed E-state index contributed by atoms with van der Waals surface area (Å²) in [5, 5.41) is 0. The number of amides is 1. The average Bonchev–Trinajstić information content (AvgIpc) is 3.11. The van der Waals surface area contributed by atoms with Crippen molar-refractivity contribution in [2.75, 3.05) is 11.0 Å². The number of carbonyl (C=O) groups excluding carboxylic acids is 1. The molecule has 1 aromatic rings. The number of nitrogens with zero attached hydrogens (tertiary/aromatic N) is 1. The van der Waals surface area contributed by atoms with Gasteiger partial charge in [-0.2, -0.15) is 0 Å². The molecule has 1 atom stereocenters. The standard InChI is InChI=1S/C14H17BrN2O3S/c1-8(9-3-4-9)17-7-10-5-11(15)6-12(13(10)14(17)18)16-21(2,19)20/h5-6,8-9,16H,3-4,7H2,1-2H3. The van der Waals surface area contributed by atoms with E-state index in [9.17, 15) is 13.2 Å². The van der Waals surface area contributed by atoms with E-state index in [2.05, 4.69) is 27.6 Å². The van der Waals surface area contributed by atoms with E-state index in [-0.39, 0.29) is 11.9 Å². The molecule has 2 aliphatic rings. The molecule has 21 heavy (non-hydrogen) atoms. The molecule has 1 amide bonds. The maximum Gasteiger partial charge on any atom is 0.256 e. The average molecular weight is 373 g/mol. The van der Waals surface area contributed by atoms with Crippen LogP contribution < -0.4 is 4.72 Å². The normalized spacial score (nSPS) is 19.6. The minimum Gasteiger partial charge on any atom is -0.331 e. The molecule has 1 aromatic carbocycles. The van der Waals surface area contributed by atoms with Gasteiger partial charge in [0.05, 0.1) is 17.5 Å². The van der Waals surface area contributed by atoms with Crippen LogP contribution in [0.4, 0.5) is 5.69 Å². The SMILES string of the molecule is CC(C1CC1)N1Cc2cc(Br)cc(NS(C)(=O)=O)c2C1=O. The van der Waals surface area contributed by atoms with Crippen LogP contribution in [0.3, 0.4) is 0 Å². The molecule has 1 unspecified atom stereocenters. The largest absolute Gasteiger partial charge is 0.331 e. The molecule has 7 heteroatoms. The van der Waals surface area contributed by atoms with Crippen molar-refractivity contribution < 1.29 is 13.2 Å². The zero-order chi connectivity index (χ0) is 15.4. The van der Waals surface area contributed by atoms with Gasteiger partial charge < -0.3 is 4.90 Å². The minimum absolute atomic E-state index is 0.0805. The number of carbonyl (C=O) groups is 1. The number of hydrogen-bond acceptors (Lipinski definition) is 3. The second kappa shape index (κ2) is 4.98. The summed E-state index contributed by atoms with van der Waals surface area (Å²) < 4.78 is 26.2. The van der Waals surface area contributed by atoms with Crippen molar-refractivity contribution in [3.05, 3.63) is 27.7 Å². The first kappa shape index (κ1) is 14.8. The third-order valence-corrected chi connectivity index (χ3v) is 5.14. The number of halogens is 1. The highest BCUT2D eigenvalue weighted by Gasteiger charge is 2.39. The van der Waals surface area contributed by atoms with Crippen molar-refractivity contribution >= 4 is 37.5 Å². The number of hydrogen-bond donors (Lipinski definition) is 1. The quantitative estimate of drug-likeness (QED) is 0.882. The number of nitrogens with one attached hydrogen (secondary N) is 1. The van der Waals surface area contributed by atoms with Gasteiger partial charge >= 0.3 is 0 Å². The van der Waals surface area contributed by atoms with Crippen LogP contribution in [-0.4, -0.2) is 31.5 Å². The number of anilines is 1. The fraction of sp³-hybridized carbons (Fsp3) is 0.500. The molecule has 3 rings (SSSR count). The van der Waals surface area contributed by atoms with Crippen molar-refractivity contribution in [3.8, 4) is 0 Å². The maximum absolute atomic E-state index is 12.7. The van der Waals surface area contributed by atoms with E-state index in [0.717, 1.165) is 16.3 Å². The van der Waals surface area contributed by atoms with E-state index >= 15 is 0 Å². The highest BCUT2D eigenvalue weighted by Crippen LogP contribution is 2.40. The second-order valence-corrected chi connectivity index (χ2v) is 8.54. The molecule has 0 spiro atoms. The van der Waals surface area contributed by atoms with E-state index in [4.69, 9.17) is 0 Å². The van der Waals surface area contributed by atoms with Gasteiger partial charge in [-0.3, -0.25) is 9.52 Å². The first-order valence-corrected chi connectivity index (χ1v) is 9.56. The lowest BCUT2D eigenvalue weighted by Crippen LogP contribution is -2.34. The maximum atomic E-state index is 12.7. The van der Waals surface area contributed by atoms with Crippen LogP contribution in [0.15, 0.2) is 16.6 Å². The molecule has 1 fully saturated rings. The first-order chi connectivity index (χ1) is 9.76. The fourth-order valence-corrected chi connectivity index (χ4v) is 3.95. The summed E-state index contributed by atoms with van der Waals surface area (Å²) in [5.41, 5.74) is 1.71. The first-order valence-electron chi connectivity index (χ1n) is 6.87. The Morgan fingerprint density at radius 1 is 1.38 bits per heavy atom. The molecule has 1 saturated carbocycles. The molecule has 0 saturated heterocycles. The fourth-order valence-electron chi connectivity index (χ4n) is 2.88. The third-order valence-electron chi connectivity index (χ3n) is 4.09. The van der Waals surface area contributed by atoms with E-state index in [0.29, 0.717) is 23.7 Å². The Morgan fingerprint density at radius 3 is 2.62 bits per heavy atom. The molecule has 0 bridgehead atoms. The van der Waals surface area contributed by atoms with Crippen molar-refractivity contribution in [1.29, 1.82) is 0 Å². The second-order valence-electron chi connectivity index (χ2n) is 5.87. The summed E-state index contributed by atoms with van der Waals surface area (Å²) in [4.78, 5) is 14.5. The Labute approximate surface area is 132 Å². The predicted octanol–water partition coefficient (Wildman–Crippen LogP) is 2.57. The molecule has 0 radical (unpaired) electrons. The Bertz CT molecular complexity index is 713. The van der Waals surface area contributed by atoms with Crippen LogP contribution in [0, 0.1) is 5.92 Å². The zero-order valence-electron chi connectivity index (χ0n) is 11.9. The lowest BCUT2D eigenvalue weighted by Gasteiger charge is -2.24. The Hall–Kier alpha value is -1.08. The summed E-state index contributed by atoms with van der Waals surface area (Å²) in [6.07, 6.45) is 3.42. The zero-order valence-corrected chi connectivity index (χ0v) is 14.3. The Morgan fingerprint density at radius 2 is 2.05 bits per heavy atom. The van der Waals surface area contributed by atoms with Crippen LogP contribution in [-0.2, 0) is 16.6 Å².